The lowest BCUT2D eigenvalue weighted by molar-refractivity contribution is 0.0128. The number of nitrogens with two attached hydrogens (primary N) is 1. The van der Waals surface area contributed by atoms with E-state index in [1.165, 1.54) is 12.4 Å². The number of piperidine rings is 1. The average molecular weight is 479 g/mol. The number of hydrogen-bond acceptors (Lipinski definition) is 5. The highest BCUT2D eigenvalue weighted by Crippen LogP contribution is 2.37. The number of amides is 1. The number of nitrogens with zero attached hydrogens (tertiary/aromatic N) is 2. The molecule has 0 saturated carbocycles. The van der Waals surface area contributed by atoms with Crippen LogP contribution in [0.3, 0.4) is 0 Å². The van der Waals surface area contributed by atoms with Gasteiger partial charge in [0.2, 0.25) is 0 Å². The first-order chi connectivity index (χ1) is 16.7. The lowest BCUT2D eigenvalue weighted by atomic mass is 9.97. The number of benzene rings is 3. The van der Waals surface area contributed by atoms with Gasteiger partial charge in [0.05, 0.1) is 5.69 Å². The van der Waals surface area contributed by atoms with Crippen molar-refractivity contribution in [3.8, 4) is 16.9 Å². The molecule has 0 radical (unpaired) electrons. The zero-order valence-electron chi connectivity index (χ0n) is 20.3. The Balaban J connectivity index is 1.53. The van der Waals surface area contributed by atoms with Gasteiger partial charge in [-0.15, -0.1) is 0 Å². The van der Waals surface area contributed by atoms with Crippen molar-refractivity contribution in [1.82, 2.24) is 10.3 Å². The van der Waals surface area contributed by atoms with Crippen LogP contribution in [0.25, 0.3) is 21.9 Å². The number of carbonyl (C=O) groups is 1. The number of hydrogen-bond donors (Lipinski definition) is 2. The second-order valence-electron chi connectivity index (χ2n) is 9.53. The monoisotopic (exact) mass is 478 g/mol. The molecule has 0 aliphatic carbocycles. The molecule has 35 heavy (non-hydrogen) atoms. The molecular formula is C27H31FN4O3. The van der Waals surface area contributed by atoms with Crippen LogP contribution in [-0.2, 0) is 4.74 Å². The number of aliphatic imine (C=N–C) groups is 1. The maximum atomic E-state index is 15.0. The highest BCUT2D eigenvalue weighted by atomic mass is 19.1. The molecule has 0 atom stereocenters. The third-order valence-electron chi connectivity index (χ3n) is 5.80. The second kappa shape index (κ2) is 10.3. The molecule has 1 aliphatic heterocycles. The summed E-state index contributed by atoms with van der Waals surface area (Å²) in [6.07, 6.45) is 2.41. The number of carbonyl (C=O) groups excluding carboxylic acids is 1. The SMILES string of the molecule is CC(C)(C)OC(=O)N1CCC(Oc2ccc(-c3ccc(N=CNN)cc3F)c3ccccc23)CC1. The summed E-state index contributed by atoms with van der Waals surface area (Å²) in [5, 5.41) is 1.81. The molecule has 7 nitrogen and oxygen atoms in total. The van der Waals surface area contributed by atoms with Gasteiger partial charge < -0.3 is 19.8 Å². The van der Waals surface area contributed by atoms with E-state index in [1.54, 1.807) is 17.0 Å². The number of hydrazine groups is 1. The summed E-state index contributed by atoms with van der Waals surface area (Å²) in [6, 6.07) is 16.4. The topological polar surface area (TPSA) is 89.2 Å². The first kappa shape index (κ1) is 24.5. The Kier molecular flexibility index (Phi) is 7.21. The standard InChI is InChI=1S/C27H31FN4O3/c1-27(2,3)35-26(33)32-14-12-19(13-15-32)34-25-11-10-21(20-6-4-5-7-23(20)25)22-9-8-18(16-24(22)28)30-17-31-29/h4-11,16-17,19H,12-15,29H2,1-3H3,(H,30,31). The van der Waals surface area contributed by atoms with Crippen molar-refractivity contribution in [3.05, 3.63) is 60.4 Å². The van der Waals surface area contributed by atoms with Crippen LogP contribution in [0.4, 0.5) is 14.9 Å². The van der Waals surface area contributed by atoms with Crippen LogP contribution in [0, 0.1) is 5.82 Å². The number of halogens is 1. The molecule has 0 bridgehead atoms. The van der Waals surface area contributed by atoms with Crippen molar-refractivity contribution in [2.75, 3.05) is 13.1 Å². The summed E-state index contributed by atoms with van der Waals surface area (Å²) < 4.78 is 26.8. The lowest BCUT2D eigenvalue weighted by Gasteiger charge is -2.33. The van der Waals surface area contributed by atoms with Crippen LogP contribution in [0.1, 0.15) is 33.6 Å². The van der Waals surface area contributed by atoms with Crippen LogP contribution in [-0.4, -0.2) is 42.1 Å². The second-order valence-corrected chi connectivity index (χ2v) is 9.53. The summed E-state index contributed by atoms with van der Waals surface area (Å²) in [5.74, 6) is 5.57. The molecule has 0 spiro atoms. The Labute approximate surface area is 204 Å². The minimum Gasteiger partial charge on any atom is -0.490 e. The summed E-state index contributed by atoms with van der Waals surface area (Å²) >= 11 is 0. The minimum absolute atomic E-state index is 0.0204. The third kappa shape index (κ3) is 5.89. The lowest BCUT2D eigenvalue weighted by Crippen LogP contribution is -2.44. The molecule has 1 aliphatic rings. The van der Waals surface area contributed by atoms with E-state index < -0.39 is 5.60 Å². The fourth-order valence-corrected chi connectivity index (χ4v) is 4.19. The van der Waals surface area contributed by atoms with Crippen molar-refractivity contribution >= 4 is 28.9 Å². The molecule has 3 aromatic carbocycles. The summed E-state index contributed by atoms with van der Waals surface area (Å²) in [7, 11) is 0. The van der Waals surface area contributed by atoms with E-state index in [9.17, 15) is 9.18 Å². The third-order valence-corrected chi connectivity index (χ3v) is 5.80. The number of nitrogens with one attached hydrogen (secondary N) is 1. The van der Waals surface area contributed by atoms with Gasteiger partial charge in [0, 0.05) is 42.9 Å². The summed E-state index contributed by atoms with van der Waals surface area (Å²) in [6.45, 7) is 6.75. The molecule has 0 aromatic heterocycles. The number of ether oxygens (including phenoxy) is 2. The Morgan fingerprint density at radius 2 is 1.77 bits per heavy atom. The van der Waals surface area contributed by atoms with Crippen molar-refractivity contribution < 1.29 is 18.7 Å². The highest BCUT2D eigenvalue weighted by Gasteiger charge is 2.28. The molecule has 8 heteroatoms. The van der Waals surface area contributed by atoms with Crippen LogP contribution >= 0.6 is 0 Å². The largest absolute Gasteiger partial charge is 0.490 e. The Hall–Kier alpha value is -3.65. The van der Waals surface area contributed by atoms with Gasteiger partial charge in [-0.25, -0.2) is 20.0 Å². The van der Waals surface area contributed by atoms with Crippen LogP contribution in [0.15, 0.2) is 59.6 Å². The van der Waals surface area contributed by atoms with Crippen molar-refractivity contribution in [2.24, 2.45) is 10.8 Å². The molecule has 4 rings (SSSR count). The molecule has 1 heterocycles. The predicted molar refractivity (Wildman–Crippen MR) is 136 cm³/mol. The number of fused-ring (bicyclic) bond motifs is 1. The fraction of sp³-hybridized carbons (Fsp3) is 0.333. The van der Waals surface area contributed by atoms with Gasteiger partial charge in [0.25, 0.3) is 0 Å². The zero-order valence-corrected chi connectivity index (χ0v) is 20.3. The van der Waals surface area contributed by atoms with Gasteiger partial charge in [-0.3, -0.25) is 0 Å². The molecule has 3 aromatic rings. The molecule has 3 N–H and O–H groups in total. The van der Waals surface area contributed by atoms with Gasteiger partial charge in [0.15, 0.2) is 0 Å². The first-order valence-electron chi connectivity index (χ1n) is 11.7. The van der Waals surface area contributed by atoms with Crippen molar-refractivity contribution in [3.63, 3.8) is 0 Å². The Morgan fingerprint density at radius 1 is 1.09 bits per heavy atom. The molecular weight excluding hydrogens is 447 g/mol. The van der Waals surface area contributed by atoms with Gasteiger partial charge in [-0.2, -0.15) is 0 Å². The van der Waals surface area contributed by atoms with E-state index in [0.29, 0.717) is 37.2 Å². The summed E-state index contributed by atoms with van der Waals surface area (Å²) in [5.41, 5.74) is 3.52. The smallest absolute Gasteiger partial charge is 0.410 e. The number of rotatable bonds is 5. The maximum absolute atomic E-state index is 15.0. The zero-order chi connectivity index (χ0) is 25.0. The van der Waals surface area contributed by atoms with Gasteiger partial charge in [-0.1, -0.05) is 24.3 Å². The van der Waals surface area contributed by atoms with Crippen LogP contribution in [0.5, 0.6) is 5.75 Å². The van der Waals surface area contributed by atoms with E-state index in [2.05, 4.69) is 10.4 Å². The number of likely N-dealkylation sites (tertiary alicyclic amines) is 1. The van der Waals surface area contributed by atoms with E-state index in [0.717, 1.165) is 22.1 Å². The first-order valence-corrected chi connectivity index (χ1v) is 11.7. The van der Waals surface area contributed by atoms with Crippen LogP contribution < -0.4 is 16.0 Å². The Bertz CT molecular complexity index is 1230. The van der Waals surface area contributed by atoms with Crippen molar-refractivity contribution in [2.45, 2.75) is 45.3 Å². The van der Waals surface area contributed by atoms with E-state index >= 15 is 0 Å². The molecule has 184 valence electrons. The molecule has 1 saturated heterocycles. The van der Waals surface area contributed by atoms with Gasteiger partial charge >= 0.3 is 6.09 Å². The highest BCUT2D eigenvalue weighted by molar-refractivity contribution is 6.00. The van der Waals surface area contributed by atoms with E-state index in [1.807, 2.05) is 57.2 Å². The predicted octanol–water partition coefficient (Wildman–Crippen LogP) is 5.55. The fourth-order valence-electron chi connectivity index (χ4n) is 4.19. The van der Waals surface area contributed by atoms with E-state index in [4.69, 9.17) is 15.3 Å². The van der Waals surface area contributed by atoms with Gasteiger partial charge in [-0.05, 0) is 56.0 Å². The normalized spacial score (nSPS) is 14.9. The maximum Gasteiger partial charge on any atom is 0.410 e. The van der Waals surface area contributed by atoms with E-state index in [-0.39, 0.29) is 18.0 Å². The summed E-state index contributed by atoms with van der Waals surface area (Å²) in [4.78, 5) is 18.1. The molecule has 0 unspecified atom stereocenters. The molecule has 1 amide bonds. The van der Waals surface area contributed by atoms with Gasteiger partial charge in [0.1, 0.15) is 29.6 Å². The van der Waals surface area contributed by atoms with Crippen molar-refractivity contribution in [1.29, 1.82) is 0 Å². The quantitative estimate of drug-likeness (QED) is 0.217. The minimum atomic E-state index is -0.514. The van der Waals surface area contributed by atoms with Crippen LogP contribution in [0.2, 0.25) is 0 Å². The molecule has 1 fully saturated rings. The average Bonchev–Trinajstić information content (AvgIpc) is 2.83. The Morgan fingerprint density at radius 3 is 2.43 bits per heavy atom.